The molecule has 8 rings (SSSR count). The molecule has 0 amide bonds. The molecule has 4 heteroatoms. The van der Waals surface area contributed by atoms with Gasteiger partial charge in [0.05, 0.1) is 0 Å². The summed E-state index contributed by atoms with van der Waals surface area (Å²) in [5.41, 5.74) is 13.1. The Balaban J connectivity index is 1.31. The molecule has 1 aliphatic heterocycles. The van der Waals surface area contributed by atoms with Crippen LogP contribution in [0.5, 0.6) is 0 Å². The Kier molecular flexibility index (Phi) is 8.30. The fourth-order valence-corrected chi connectivity index (χ4v) is 45.8. The van der Waals surface area contributed by atoms with E-state index in [0.29, 0.717) is 7.35 Å². The summed E-state index contributed by atoms with van der Waals surface area (Å²) in [4.78, 5) is 0. The Labute approximate surface area is 304 Å². The topological polar surface area (TPSA) is 0 Å². The van der Waals surface area contributed by atoms with Gasteiger partial charge in [0.15, 0.2) is 0 Å². The normalized spacial score (nSPS) is 24.4. The van der Waals surface area contributed by atoms with Crippen LogP contribution in [-0.2, 0) is 20.0 Å². The van der Waals surface area contributed by atoms with Crippen LogP contribution in [0.2, 0.25) is 60.7 Å². The Bertz CT molecular complexity index is 1860. The molecule has 1 saturated heterocycles. The molecule has 49 heavy (non-hydrogen) atoms. The Hall–Kier alpha value is -2.12. The van der Waals surface area contributed by atoms with Crippen LogP contribution in [0, 0.1) is 0 Å². The van der Waals surface area contributed by atoms with Crippen molar-refractivity contribution in [3.05, 3.63) is 118 Å². The van der Waals surface area contributed by atoms with E-state index in [1.165, 1.54) is 54.4 Å². The first-order chi connectivity index (χ1) is 23.2. The van der Waals surface area contributed by atoms with E-state index in [9.17, 15) is 0 Å². The molecule has 0 N–H and O–H groups in total. The van der Waals surface area contributed by atoms with Crippen LogP contribution in [0.4, 0.5) is 0 Å². The summed E-state index contributed by atoms with van der Waals surface area (Å²) < 4.78 is 7.06. The molecule has 1 saturated carbocycles. The number of rotatable bonds is 5. The van der Waals surface area contributed by atoms with E-state index >= 15 is 0 Å². The van der Waals surface area contributed by atoms with E-state index in [4.69, 9.17) is 0 Å². The first kappa shape index (κ1) is 34.0. The summed E-state index contributed by atoms with van der Waals surface area (Å²) in [5.74, 6) is 0. The van der Waals surface area contributed by atoms with Crippen LogP contribution in [0.1, 0.15) is 61.7 Å². The molecule has 2 atom stereocenters. The molecule has 252 valence electrons. The van der Waals surface area contributed by atoms with E-state index in [2.05, 4.69) is 152 Å². The first-order valence-corrected chi connectivity index (χ1v) is 40.0. The van der Waals surface area contributed by atoms with Crippen LogP contribution < -0.4 is 10.4 Å². The third-order valence-corrected chi connectivity index (χ3v) is 40.2. The van der Waals surface area contributed by atoms with Crippen molar-refractivity contribution >= 4 is 46.7 Å². The van der Waals surface area contributed by atoms with Gasteiger partial charge < -0.3 is 0 Å². The quantitative estimate of drug-likeness (QED) is 0.175. The summed E-state index contributed by atoms with van der Waals surface area (Å²) in [6.07, 6.45) is 12.8. The van der Waals surface area contributed by atoms with Gasteiger partial charge in [-0.25, -0.2) is 0 Å². The Morgan fingerprint density at radius 2 is 0.959 bits per heavy atom. The summed E-state index contributed by atoms with van der Waals surface area (Å²) in [6.45, 7) is 17.6. The van der Waals surface area contributed by atoms with Crippen LogP contribution >= 0.6 is 0 Å². The fourth-order valence-electron chi connectivity index (χ4n) is 10.6. The van der Waals surface area contributed by atoms with Crippen molar-refractivity contribution < 1.29 is 20.0 Å². The van der Waals surface area contributed by atoms with E-state index in [0.717, 1.165) is 5.54 Å². The van der Waals surface area contributed by atoms with Gasteiger partial charge in [0.25, 0.3) is 0 Å². The second-order valence-corrected chi connectivity index (χ2v) is 50.5. The third kappa shape index (κ3) is 5.40. The molecule has 1 heterocycles. The second-order valence-electron chi connectivity index (χ2n) is 18.7. The van der Waals surface area contributed by atoms with Gasteiger partial charge in [-0.1, -0.05) is 0 Å². The van der Waals surface area contributed by atoms with Crippen molar-refractivity contribution in [2.75, 3.05) is 0 Å². The van der Waals surface area contributed by atoms with Gasteiger partial charge in [-0.05, 0) is 0 Å². The zero-order chi connectivity index (χ0) is 34.5. The summed E-state index contributed by atoms with van der Waals surface area (Å²) in [6, 6.07) is 34.2. The monoisotopic (exact) mass is 860 g/mol. The maximum atomic E-state index is 2.85. The molecule has 2 unspecified atom stereocenters. The fraction of sp³-hybridized carbons (Fsp3) is 0.378. The van der Waals surface area contributed by atoms with E-state index in [1.807, 2.05) is 10.4 Å². The molecule has 3 aliphatic carbocycles. The standard InChI is InChI=1S/C43H50Si3.2CH3.Hf/c1-44(2,3)35-23-19-31(20-24-35)40-17-11-13-33-27-38(29-42(33)40)46(7,37-15-9-8-10-16-37)39-28-34-14-12-18-41(43(34)30-39)32-21-25-36(26-22-32)45(4,5)6;;;/h11-14,17-30,37H,8-10,15-16H2,1-7H3;2*1H3;. The van der Waals surface area contributed by atoms with Crippen molar-refractivity contribution in [3.8, 4) is 22.3 Å². The van der Waals surface area contributed by atoms with Crippen molar-refractivity contribution in [1.29, 1.82) is 0 Å². The molecular formula is C45H56HfSi3. The number of allylic oxidation sites excluding steroid dienone is 2. The van der Waals surface area contributed by atoms with E-state index < -0.39 is 44.2 Å². The number of benzene rings is 4. The molecule has 4 aromatic rings. The summed E-state index contributed by atoms with van der Waals surface area (Å²) in [7, 11) is -4.69. The number of fused-ring (bicyclic) bond motifs is 6. The molecule has 0 radical (unpaired) electrons. The van der Waals surface area contributed by atoms with Crippen molar-refractivity contribution in [1.82, 2.24) is 0 Å². The summed E-state index contributed by atoms with van der Waals surface area (Å²) in [5, 5.41) is 6.97. The first-order valence-electron chi connectivity index (χ1n) is 19.1. The van der Waals surface area contributed by atoms with Gasteiger partial charge in [-0.2, -0.15) is 0 Å². The van der Waals surface area contributed by atoms with Crippen molar-refractivity contribution in [2.45, 2.75) is 100 Å². The van der Waals surface area contributed by atoms with Crippen LogP contribution in [0.25, 0.3) is 34.4 Å². The zero-order valence-electron chi connectivity index (χ0n) is 31.5. The molecule has 0 spiro atoms. The minimum atomic E-state index is -3.11. The van der Waals surface area contributed by atoms with E-state index in [-0.39, 0.29) is 0 Å². The SMILES string of the molecule is C[Si](C)(C)c1ccc(-c2cccc3c2C=C2[CH]3[Hf]([CH3])([CH3])[CH]3C(=Cc4c(-c5ccc([Si](C)(C)C)cc5)cccc43)[Si]2(C)C2CCCCC2)cc1. The molecule has 4 aromatic carbocycles. The van der Waals surface area contributed by atoms with Gasteiger partial charge in [0.1, 0.15) is 0 Å². The number of hydrogen-bond donors (Lipinski definition) is 0. The van der Waals surface area contributed by atoms with Crippen LogP contribution in [0.15, 0.2) is 95.3 Å². The molecule has 0 aromatic heterocycles. The third-order valence-electron chi connectivity index (χ3n) is 13.4. The average molecular weight is 860 g/mol. The van der Waals surface area contributed by atoms with Gasteiger partial charge in [-0.15, -0.1) is 0 Å². The maximum absolute atomic E-state index is 3.11. The zero-order valence-corrected chi connectivity index (χ0v) is 38.1. The predicted molar refractivity (Wildman–Crippen MR) is 221 cm³/mol. The van der Waals surface area contributed by atoms with E-state index in [1.54, 1.807) is 32.6 Å². The van der Waals surface area contributed by atoms with Gasteiger partial charge in [-0.3, -0.25) is 0 Å². The molecule has 0 bridgehead atoms. The Morgan fingerprint density at radius 3 is 1.35 bits per heavy atom. The average Bonchev–Trinajstić information content (AvgIpc) is 3.69. The number of hydrogen-bond acceptors (Lipinski definition) is 0. The Morgan fingerprint density at radius 1 is 0.551 bits per heavy atom. The van der Waals surface area contributed by atoms with Crippen molar-refractivity contribution in [3.63, 3.8) is 0 Å². The molecule has 4 aliphatic rings. The summed E-state index contributed by atoms with van der Waals surface area (Å²) >= 11 is -3.11. The molecule has 0 nitrogen and oxygen atoms in total. The predicted octanol–water partition coefficient (Wildman–Crippen LogP) is 12.4. The molecular weight excluding hydrogens is 803 g/mol. The van der Waals surface area contributed by atoms with Gasteiger partial charge >= 0.3 is 307 Å². The van der Waals surface area contributed by atoms with Crippen molar-refractivity contribution in [2.24, 2.45) is 0 Å². The van der Waals surface area contributed by atoms with Gasteiger partial charge in [0, 0.05) is 0 Å². The second kappa shape index (κ2) is 12.0. The van der Waals surface area contributed by atoms with Crippen LogP contribution in [-0.4, -0.2) is 24.2 Å². The molecule has 2 fully saturated rings. The van der Waals surface area contributed by atoms with Gasteiger partial charge in [0.2, 0.25) is 0 Å². The minimum absolute atomic E-state index is 0.690. The van der Waals surface area contributed by atoms with Crippen LogP contribution in [0.3, 0.4) is 0 Å².